The highest BCUT2D eigenvalue weighted by atomic mass is 32.2. The number of hydrogen-bond acceptors (Lipinski definition) is 4. The lowest BCUT2D eigenvalue weighted by atomic mass is 9.55. The van der Waals surface area contributed by atoms with E-state index in [1.807, 2.05) is 12.1 Å². The van der Waals surface area contributed by atoms with Crippen molar-refractivity contribution in [2.75, 3.05) is 0 Å². The molecule has 0 aliphatic heterocycles. The summed E-state index contributed by atoms with van der Waals surface area (Å²) in [5.74, 6) is 0.405. The summed E-state index contributed by atoms with van der Waals surface area (Å²) in [7, 11) is 0. The second-order valence-electron chi connectivity index (χ2n) is 8.25. The van der Waals surface area contributed by atoms with E-state index < -0.39 is 11.7 Å². The summed E-state index contributed by atoms with van der Waals surface area (Å²) in [6.07, 6.45) is 2.23. The standard InChI is InChI=1S/C23H28O2S2/c1-16(23(25)20(24)15-17-13-14-22(17,23)2)21(26-18-9-5-3-6-10-18)27-19-11-7-4-8-12-19/h3-12,16-17,20-21,24-25H,13-15H2,1-2H3/t16?,17-,20+,22+,23-/m1/s1. The molecule has 0 bridgehead atoms. The van der Waals surface area contributed by atoms with E-state index in [4.69, 9.17) is 0 Å². The quantitative estimate of drug-likeness (QED) is 0.500. The molecule has 2 aromatic carbocycles. The highest BCUT2D eigenvalue weighted by molar-refractivity contribution is 8.17. The summed E-state index contributed by atoms with van der Waals surface area (Å²) in [5.41, 5.74) is -1.21. The van der Waals surface area contributed by atoms with Crippen molar-refractivity contribution in [3.63, 3.8) is 0 Å². The second kappa shape index (κ2) is 7.47. The van der Waals surface area contributed by atoms with E-state index in [-0.39, 0.29) is 15.9 Å². The van der Waals surface area contributed by atoms with Crippen molar-refractivity contribution >= 4 is 23.5 Å². The van der Waals surface area contributed by atoms with Crippen LogP contribution in [0.1, 0.15) is 33.1 Å². The maximum absolute atomic E-state index is 11.8. The Bertz CT molecular complexity index is 727. The molecule has 4 heteroatoms. The molecule has 0 saturated heterocycles. The van der Waals surface area contributed by atoms with Crippen molar-refractivity contribution < 1.29 is 10.2 Å². The van der Waals surface area contributed by atoms with Gasteiger partial charge in [-0.2, -0.15) is 0 Å². The molecule has 5 atom stereocenters. The number of aliphatic hydroxyl groups is 2. The van der Waals surface area contributed by atoms with Crippen molar-refractivity contribution in [3.8, 4) is 0 Å². The monoisotopic (exact) mass is 400 g/mol. The molecule has 0 radical (unpaired) electrons. The van der Waals surface area contributed by atoms with Gasteiger partial charge in [-0.1, -0.05) is 50.2 Å². The molecule has 0 aromatic heterocycles. The Morgan fingerprint density at radius 3 is 1.89 bits per heavy atom. The molecule has 2 fully saturated rings. The molecule has 2 saturated carbocycles. The fourth-order valence-corrected chi connectivity index (χ4v) is 7.89. The third kappa shape index (κ3) is 3.25. The molecule has 4 rings (SSSR count). The van der Waals surface area contributed by atoms with Crippen LogP contribution in [0.5, 0.6) is 0 Å². The van der Waals surface area contributed by atoms with Crippen LogP contribution in [-0.2, 0) is 0 Å². The van der Waals surface area contributed by atoms with Gasteiger partial charge in [-0.3, -0.25) is 0 Å². The second-order valence-corrected chi connectivity index (χ2v) is 11.0. The van der Waals surface area contributed by atoms with Crippen LogP contribution >= 0.6 is 23.5 Å². The summed E-state index contributed by atoms with van der Waals surface area (Å²) in [4.78, 5) is 2.40. The van der Waals surface area contributed by atoms with Crippen LogP contribution in [0.15, 0.2) is 70.5 Å². The molecule has 0 amide bonds. The molecule has 2 aliphatic carbocycles. The van der Waals surface area contributed by atoms with Gasteiger partial charge in [0.05, 0.1) is 10.7 Å². The minimum Gasteiger partial charge on any atom is -0.390 e. The minimum atomic E-state index is -1.04. The van der Waals surface area contributed by atoms with Gasteiger partial charge in [-0.05, 0) is 49.4 Å². The number of aliphatic hydroxyl groups excluding tert-OH is 1. The average molecular weight is 401 g/mol. The number of benzene rings is 2. The topological polar surface area (TPSA) is 40.5 Å². The molecular weight excluding hydrogens is 372 g/mol. The van der Waals surface area contributed by atoms with E-state index in [9.17, 15) is 10.2 Å². The first-order valence-corrected chi connectivity index (χ1v) is 11.5. The van der Waals surface area contributed by atoms with Crippen molar-refractivity contribution in [2.24, 2.45) is 17.3 Å². The zero-order chi connectivity index (χ0) is 19.1. The summed E-state index contributed by atoms with van der Waals surface area (Å²) in [6.45, 7) is 4.32. The van der Waals surface area contributed by atoms with Crippen molar-refractivity contribution in [1.82, 2.24) is 0 Å². The van der Waals surface area contributed by atoms with Gasteiger partial charge < -0.3 is 10.2 Å². The molecule has 27 heavy (non-hydrogen) atoms. The third-order valence-electron chi connectivity index (χ3n) is 6.94. The van der Waals surface area contributed by atoms with E-state index in [2.05, 4.69) is 62.4 Å². The summed E-state index contributed by atoms with van der Waals surface area (Å²) >= 11 is 3.59. The smallest absolute Gasteiger partial charge is 0.100 e. The zero-order valence-electron chi connectivity index (χ0n) is 15.9. The number of hydrogen-bond donors (Lipinski definition) is 2. The predicted molar refractivity (Wildman–Crippen MR) is 114 cm³/mol. The summed E-state index contributed by atoms with van der Waals surface area (Å²) < 4.78 is 0.116. The first-order chi connectivity index (χ1) is 12.9. The van der Waals surface area contributed by atoms with Gasteiger partial charge in [0.2, 0.25) is 0 Å². The SMILES string of the molecule is CC(C(Sc1ccccc1)Sc1ccccc1)[C@@]1(O)[C@@H](O)C[C@H]2CC[C@@]21C. The molecule has 1 unspecified atom stereocenters. The zero-order valence-corrected chi connectivity index (χ0v) is 17.5. The van der Waals surface area contributed by atoms with Gasteiger partial charge in [0, 0.05) is 21.1 Å². The number of rotatable bonds is 6. The van der Waals surface area contributed by atoms with Crippen LogP contribution in [-0.4, -0.2) is 26.5 Å². The molecule has 0 heterocycles. The fourth-order valence-electron chi connectivity index (χ4n) is 5.04. The van der Waals surface area contributed by atoms with Crippen LogP contribution in [0.2, 0.25) is 0 Å². The molecular formula is C23H28O2S2. The van der Waals surface area contributed by atoms with Crippen molar-refractivity contribution in [2.45, 2.75) is 59.2 Å². The van der Waals surface area contributed by atoms with Crippen molar-refractivity contribution in [3.05, 3.63) is 60.7 Å². The van der Waals surface area contributed by atoms with E-state index in [1.165, 1.54) is 9.79 Å². The average Bonchev–Trinajstić information content (AvgIpc) is 2.82. The largest absolute Gasteiger partial charge is 0.390 e. The highest BCUT2D eigenvalue weighted by Gasteiger charge is 2.68. The maximum Gasteiger partial charge on any atom is 0.100 e. The van der Waals surface area contributed by atoms with Gasteiger partial charge in [-0.25, -0.2) is 0 Å². The predicted octanol–water partition coefficient (Wildman–Crippen LogP) is 5.45. The first kappa shape index (κ1) is 19.4. The van der Waals surface area contributed by atoms with Crippen molar-refractivity contribution in [1.29, 1.82) is 0 Å². The van der Waals surface area contributed by atoms with Gasteiger partial charge in [-0.15, -0.1) is 23.5 Å². The molecule has 2 nitrogen and oxygen atoms in total. The van der Waals surface area contributed by atoms with Gasteiger partial charge in [0.25, 0.3) is 0 Å². The normalized spacial score (nSPS) is 33.5. The van der Waals surface area contributed by atoms with E-state index in [0.717, 1.165) is 19.3 Å². The molecule has 144 valence electrons. The van der Waals surface area contributed by atoms with E-state index in [1.54, 1.807) is 23.5 Å². The van der Waals surface area contributed by atoms with Gasteiger partial charge >= 0.3 is 0 Å². The molecule has 0 spiro atoms. The Kier molecular flexibility index (Phi) is 5.36. The van der Waals surface area contributed by atoms with E-state index >= 15 is 0 Å². The lowest BCUT2D eigenvalue weighted by Gasteiger charge is -2.54. The Morgan fingerprint density at radius 2 is 1.48 bits per heavy atom. The molecule has 2 N–H and O–H groups in total. The highest BCUT2D eigenvalue weighted by Crippen LogP contribution is 2.66. The lowest BCUT2D eigenvalue weighted by Crippen LogP contribution is -2.60. The number of thioether (sulfide) groups is 2. The van der Waals surface area contributed by atoms with Crippen LogP contribution < -0.4 is 0 Å². The fraction of sp³-hybridized carbons (Fsp3) is 0.478. The number of fused-ring (bicyclic) bond motifs is 1. The Hall–Kier alpha value is -0.940. The minimum absolute atomic E-state index is 0.0433. The van der Waals surface area contributed by atoms with Crippen LogP contribution in [0.4, 0.5) is 0 Å². The Balaban J connectivity index is 1.65. The van der Waals surface area contributed by atoms with E-state index in [0.29, 0.717) is 5.92 Å². The van der Waals surface area contributed by atoms with Gasteiger partial charge in [0.1, 0.15) is 5.60 Å². The maximum atomic E-state index is 11.8. The van der Waals surface area contributed by atoms with Crippen LogP contribution in [0, 0.1) is 17.3 Å². The molecule has 2 aliphatic rings. The summed E-state index contributed by atoms with van der Waals surface area (Å²) in [6, 6.07) is 20.8. The lowest BCUT2D eigenvalue weighted by molar-refractivity contribution is -0.176. The van der Waals surface area contributed by atoms with Crippen LogP contribution in [0.3, 0.4) is 0 Å². The van der Waals surface area contributed by atoms with Gasteiger partial charge in [0.15, 0.2) is 0 Å². The Labute approximate surface area is 170 Å². The van der Waals surface area contributed by atoms with Crippen LogP contribution in [0.25, 0.3) is 0 Å². The Morgan fingerprint density at radius 1 is 0.963 bits per heavy atom. The summed E-state index contributed by atoms with van der Waals surface area (Å²) in [5, 5.41) is 22.7. The first-order valence-electron chi connectivity index (χ1n) is 9.79. The molecule has 2 aromatic rings. The third-order valence-corrected chi connectivity index (χ3v) is 9.88.